The van der Waals surface area contributed by atoms with E-state index in [1.54, 1.807) is 30.9 Å². The number of nitrogens with zero attached hydrogens (tertiary/aromatic N) is 2. The minimum Gasteiger partial charge on any atom is -0.395 e. The maximum atomic E-state index is 12.3. The van der Waals surface area contributed by atoms with Crippen LogP contribution in [-0.2, 0) is 0 Å². The number of hydrogen-bond donors (Lipinski definition) is 2. The second-order valence-electron chi connectivity index (χ2n) is 5.34. The van der Waals surface area contributed by atoms with Gasteiger partial charge in [0.1, 0.15) is 5.69 Å². The van der Waals surface area contributed by atoms with Crippen LogP contribution in [0.3, 0.4) is 0 Å². The number of aromatic nitrogens is 1. The van der Waals surface area contributed by atoms with Gasteiger partial charge in [0.2, 0.25) is 0 Å². The quantitative estimate of drug-likeness (QED) is 0.795. The van der Waals surface area contributed by atoms with Crippen molar-refractivity contribution in [2.24, 2.45) is 0 Å². The van der Waals surface area contributed by atoms with Gasteiger partial charge >= 0.3 is 0 Å². The molecule has 114 valence electrons. The zero-order valence-corrected chi connectivity index (χ0v) is 12.8. The van der Waals surface area contributed by atoms with Crippen molar-refractivity contribution in [1.29, 1.82) is 0 Å². The molecule has 0 radical (unpaired) electrons. The topological polar surface area (TPSA) is 73.7 Å². The number of likely N-dealkylation sites (N-methyl/N-ethyl adjacent to an activating group) is 1. The first-order valence-electron chi connectivity index (χ1n) is 6.95. The van der Waals surface area contributed by atoms with Gasteiger partial charge in [-0.2, -0.15) is 0 Å². The smallest absolute Gasteiger partial charge is 0.272 e. The molecular weight excluding hydrogens is 268 g/mol. The van der Waals surface area contributed by atoms with Crippen molar-refractivity contribution in [3.8, 4) is 11.8 Å². The van der Waals surface area contributed by atoms with E-state index in [2.05, 4.69) is 16.8 Å². The first-order valence-corrected chi connectivity index (χ1v) is 6.95. The Balaban J connectivity index is 2.81. The first-order chi connectivity index (χ1) is 9.87. The molecule has 0 bridgehead atoms. The zero-order chi connectivity index (χ0) is 15.9. The highest BCUT2D eigenvalue weighted by atomic mass is 16.3. The van der Waals surface area contributed by atoms with Gasteiger partial charge in [-0.05, 0) is 32.9 Å². The summed E-state index contributed by atoms with van der Waals surface area (Å²) in [6, 6.07) is 3.35. The van der Waals surface area contributed by atoms with Crippen LogP contribution in [0.4, 0.5) is 0 Å². The molecule has 0 fully saturated rings. The number of aliphatic hydroxyl groups is 2. The molecule has 2 N–H and O–H groups in total. The van der Waals surface area contributed by atoms with E-state index in [9.17, 15) is 9.90 Å². The van der Waals surface area contributed by atoms with Crippen LogP contribution in [0, 0.1) is 11.8 Å². The molecule has 0 aromatic carbocycles. The minimum atomic E-state index is -0.943. The normalized spacial score (nSPS) is 10.7. The van der Waals surface area contributed by atoms with Gasteiger partial charge in [-0.25, -0.2) is 4.98 Å². The third kappa shape index (κ3) is 5.94. The van der Waals surface area contributed by atoms with Gasteiger partial charge in [0.15, 0.2) is 0 Å². The standard InChI is InChI=1S/C16H22N2O3/c1-4-18(12-16(2,3)21)15(20)14-9-8-13(11-17-14)7-5-6-10-19/h8-9,11,19,21H,4,6,10,12H2,1-3H3. The Morgan fingerprint density at radius 2 is 2.14 bits per heavy atom. The number of carbonyl (C=O) groups excluding carboxylic acids is 1. The number of rotatable bonds is 5. The van der Waals surface area contributed by atoms with E-state index in [1.807, 2.05) is 6.92 Å². The van der Waals surface area contributed by atoms with Gasteiger partial charge in [0, 0.05) is 31.3 Å². The molecule has 0 spiro atoms. The van der Waals surface area contributed by atoms with E-state index < -0.39 is 5.60 Å². The summed E-state index contributed by atoms with van der Waals surface area (Å²) in [4.78, 5) is 18.0. The highest BCUT2D eigenvalue weighted by molar-refractivity contribution is 5.92. The average molecular weight is 290 g/mol. The minimum absolute atomic E-state index is 0.0272. The Bertz CT molecular complexity index is 521. The number of aliphatic hydroxyl groups excluding tert-OH is 1. The third-order valence-corrected chi connectivity index (χ3v) is 2.70. The Morgan fingerprint density at radius 3 is 2.62 bits per heavy atom. The van der Waals surface area contributed by atoms with Crippen LogP contribution < -0.4 is 0 Å². The molecular formula is C16H22N2O3. The van der Waals surface area contributed by atoms with E-state index in [0.29, 0.717) is 24.2 Å². The van der Waals surface area contributed by atoms with Gasteiger partial charge in [-0.1, -0.05) is 11.8 Å². The number of pyridine rings is 1. The molecule has 1 aromatic heterocycles. The lowest BCUT2D eigenvalue weighted by Gasteiger charge is -2.27. The van der Waals surface area contributed by atoms with Gasteiger partial charge in [0.25, 0.3) is 5.91 Å². The fraction of sp³-hybridized carbons (Fsp3) is 0.500. The largest absolute Gasteiger partial charge is 0.395 e. The third-order valence-electron chi connectivity index (χ3n) is 2.70. The van der Waals surface area contributed by atoms with Crippen molar-refractivity contribution in [3.63, 3.8) is 0 Å². The highest BCUT2D eigenvalue weighted by Crippen LogP contribution is 2.09. The van der Waals surface area contributed by atoms with Crippen LogP contribution >= 0.6 is 0 Å². The van der Waals surface area contributed by atoms with Gasteiger partial charge in [-0.3, -0.25) is 4.79 Å². The molecule has 1 rings (SSSR count). The van der Waals surface area contributed by atoms with Gasteiger partial charge < -0.3 is 15.1 Å². The van der Waals surface area contributed by atoms with Crippen molar-refractivity contribution in [2.75, 3.05) is 19.7 Å². The lowest BCUT2D eigenvalue weighted by Crippen LogP contribution is -2.42. The molecule has 1 heterocycles. The van der Waals surface area contributed by atoms with Gasteiger partial charge in [-0.15, -0.1) is 0 Å². The van der Waals surface area contributed by atoms with Crippen LogP contribution in [0.15, 0.2) is 18.3 Å². The molecule has 0 unspecified atom stereocenters. The lowest BCUT2D eigenvalue weighted by molar-refractivity contribution is 0.0311. The summed E-state index contributed by atoms with van der Waals surface area (Å²) in [5, 5.41) is 18.5. The predicted octanol–water partition coefficient (Wildman–Crippen LogP) is 1.05. The maximum absolute atomic E-state index is 12.3. The second-order valence-corrected chi connectivity index (χ2v) is 5.34. The average Bonchev–Trinajstić information content (AvgIpc) is 2.44. The summed E-state index contributed by atoms with van der Waals surface area (Å²) < 4.78 is 0. The van der Waals surface area contributed by atoms with E-state index in [-0.39, 0.29) is 19.1 Å². The molecule has 0 saturated carbocycles. The van der Waals surface area contributed by atoms with Crippen LogP contribution in [0.5, 0.6) is 0 Å². The maximum Gasteiger partial charge on any atom is 0.272 e. The Hall–Kier alpha value is -1.90. The fourth-order valence-electron chi connectivity index (χ4n) is 1.77. The van der Waals surface area contributed by atoms with E-state index in [1.165, 1.54) is 6.20 Å². The number of hydrogen-bond acceptors (Lipinski definition) is 4. The fourth-order valence-corrected chi connectivity index (χ4v) is 1.77. The van der Waals surface area contributed by atoms with Crippen LogP contribution in [-0.4, -0.2) is 51.3 Å². The summed E-state index contributed by atoms with van der Waals surface area (Å²) in [6.45, 7) is 5.97. The van der Waals surface area contributed by atoms with E-state index in [0.717, 1.165) is 0 Å². The summed E-state index contributed by atoms with van der Waals surface area (Å²) >= 11 is 0. The van der Waals surface area contributed by atoms with Crippen LogP contribution in [0.1, 0.15) is 43.2 Å². The zero-order valence-electron chi connectivity index (χ0n) is 12.8. The van der Waals surface area contributed by atoms with Crippen molar-refractivity contribution in [2.45, 2.75) is 32.8 Å². The Morgan fingerprint density at radius 1 is 1.43 bits per heavy atom. The summed E-state index contributed by atoms with van der Waals surface area (Å²) in [7, 11) is 0. The number of amides is 1. The summed E-state index contributed by atoms with van der Waals surface area (Å²) in [5.41, 5.74) is 0.0841. The Labute approximate surface area is 125 Å². The molecule has 0 atom stereocenters. The molecule has 5 heteroatoms. The van der Waals surface area contributed by atoms with Crippen molar-refractivity contribution >= 4 is 5.91 Å². The first kappa shape index (κ1) is 17.2. The SMILES string of the molecule is CCN(CC(C)(C)O)C(=O)c1ccc(C#CCCO)cn1. The second kappa shape index (κ2) is 7.77. The summed E-state index contributed by atoms with van der Waals surface area (Å²) in [6.07, 6.45) is 1.95. The molecule has 0 aliphatic carbocycles. The molecule has 1 amide bonds. The van der Waals surface area contributed by atoms with Crippen molar-refractivity contribution in [1.82, 2.24) is 9.88 Å². The van der Waals surface area contributed by atoms with Gasteiger partial charge in [0.05, 0.1) is 12.2 Å². The van der Waals surface area contributed by atoms with E-state index in [4.69, 9.17) is 5.11 Å². The van der Waals surface area contributed by atoms with Crippen molar-refractivity contribution in [3.05, 3.63) is 29.6 Å². The molecule has 1 aromatic rings. The molecule has 0 aliphatic rings. The van der Waals surface area contributed by atoms with Crippen LogP contribution in [0.2, 0.25) is 0 Å². The van der Waals surface area contributed by atoms with E-state index >= 15 is 0 Å². The van der Waals surface area contributed by atoms with Crippen LogP contribution in [0.25, 0.3) is 0 Å². The summed E-state index contributed by atoms with van der Waals surface area (Å²) in [5.74, 6) is 5.44. The monoisotopic (exact) mass is 290 g/mol. The molecule has 0 saturated heterocycles. The molecule has 0 aliphatic heterocycles. The number of carbonyl (C=O) groups is 1. The molecule has 5 nitrogen and oxygen atoms in total. The Kier molecular flexibility index (Phi) is 6.35. The highest BCUT2D eigenvalue weighted by Gasteiger charge is 2.22. The molecule has 21 heavy (non-hydrogen) atoms. The lowest BCUT2D eigenvalue weighted by atomic mass is 10.1. The van der Waals surface area contributed by atoms with Crippen molar-refractivity contribution < 1.29 is 15.0 Å². The predicted molar refractivity (Wildman–Crippen MR) is 80.7 cm³/mol.